The molecule has 0 heterocycles. The van der Waals surface area contributed by atoms with E-state index in [0.29, 0.717) is 0 Å². The number of carbonyl (C=O) groups excluding carboxylic acids is 1. The Morgan fingerprint density at radius 2 is 1.80 bits per heavy atom. The lowest BCUT2D eigenvalue weighted by molar-refractivity contribution is 0.0479. The lowest BCUT2D eigenvalue weighted by Gasteiger charge is -2.24. The van der Waals surface area contributed by atoms with Crippen molar-refractivity contribution in [2.45, 2.75) is 18.6 Å². The van der Waals surface area contributed by atoms with Crippen molar-refractivity contribution in [3.8, 4) is 11.5 Å². The third kappa shape index (κ3) is 1.45. The molecule has 1 aromatic carbocycles. The van der Waals surface area contributed by atoms with E-state index in [0.717, 1.165) is 6.07 Å². The molecule has 1 aliphatic rings. The van der Waals surface area contributed by atoms with Crippen LogP contribution in [-0.4, -0.2) is 32.3 Å². The van der Waals surface area contributed by atoms with Gasteiger partial charge < -0.3 is 20.4 Å². The average molecular weight is 210 g/mol. The summed E-state index contributed by atoms with van der Waals surface area (Å²) in [6.07, 6.45) is -2.47. The number of Topliss-reactive ketones (excluding diaryl/α,β-unsaturated/α-hetero) is 1. The van der Waals surface area contributed by atoms with E-state index in [9.17, 15) is 25.2 Å². The van der Waals surface area contributed by atoms with Crippen molar-refractivity contribution < 1.29 is 25.2 Å². The summed E-state index contributed by atoms with van der Waals surface area (Å²) in [6.45, 7) is 0. The minimum Gasteiger partial charge on any atom is -0.508 e. The lowest BCUT2D eigenvalue weighted by Crippen LogP contribution is -2.29. The summed E-state index contributed by atoms with van der Waals surface area (Å²) >= 11 is 0. The maximum atomic E-state index is 11.5. The summed E-state index contributed by atoms with van der Waals surface area (Å²) in [6, 6.07) is 2.21. The average Bonchev–Trinajstić information content (AvgIpc) is 2.13. The zero-order chi connectivity index (χ0) is 11.2. The molecule has 1 aliphatic carbocycles. The Morgan fingerprint density at radius 3 is 2.47 bits per heavy atom. The highest BCUT2D eigenvalue weighted by atomic mass is 16.3. The summed E-state index contributed by atoms with van der Waals surface area (Å²) in [7, 11) is 0. The van der Waals surface area contributed by atoms with Gasteiger partial charge in [0.25, 0.3) is 0 Å². The molecule has 0 spiro atoms. The molecule has 15 heavy (non-hydrogen) atoms. The number of phenolic OH excluding ortho intramolecular Hbond substituents is 2. The van der Waals surface area contributed by atoms with Crippen LogP contribution >= 0.6 is 0 Å². The SMILES string of the molecule is O=C1c2c(O)cc(O)cc2C(O)CC1O. The molecule has 5 nitrogen and oxygen atoms in total. The van der Waals surface area contributed by atoms with E-state index in [4.69, 9.17) is 0 Å². The fraction of sp³-hybridized carbons (Fsp3) is 0.300. The Kier molecular flexibility index (Phi) is 2.13. The Balaban J connectivity index is 2.66. The first-order chi connectivity index (χ1) is 7.00. The zero-order valence-electron chi connectivity index (χ0n) is 7.71. The molecule has 0 saturated heterocycles. The van der Waals surface area contributed by atoms with Gasteiger partial charge in [-0.2, -0.15) is 0 Å². The summed E-state index contributed by atoms with van der Waals surface area (Å²) in [4.78, 5) is 11.5. The van der Waals surface area contributed by atoms with Gasteiger partial charge in [0, 0.05) is 12.5 Å². The second-order valence-electron chi connectivity index (χ2n) is 3.56. The first-order valence-electron chi connectivity index (χ1n) is 4.47. The fourth-order valence-corrected chi connectivity index (χ4v) is 1.78. The molecular formula is C10H10O5. The Bertz CT molecular complexity index is 426. The van der Waals surface area contributed by atoms with E-state index < -0.39 is 23.7 Å². The molecule has 2 atom stereocenters. The summed E-state index contributed by atoms with van der Waals surface area (Å²) in [5.41, 5.74) is 0.0434. The standard InChI is InChI=1S/C10H10O5/c11-4-1-5-6(12)3-8(14)10(15)9(5)7(13)2-4/h1-2,6,8,11-14H,3H2. The van der Waals surface area contributed by atoms with Gasteiger partial charge in [-0.1, -0.05) is 0 Å². The Morgan fingerprint density at radius 1 is 1.13 bits per heavy atom. The highest BCUT2D eigenvalue weighted by Gasteiger charge is 2.34. The molecule has 0 amide bonds. The van der Waals surface area contributed by atoms with Gasteiger partial charge >= 0.3 is 0 Å². The van der Waals surface area contributed by atoms with Gasteiger partial charge in [-0.25, -0.2) is 0 Å². The van der Waals surface area contributed by atoms with Crippen LogP contribution in [0.1, 0.15) is 28.4 Å². The number of fused-ring (bicyclic) bond motifs is 1. The van der Waals surface area contributed by atoms with Gasteiger partial charge in [0.2, 0.25) is 0 Å². The monoisotopic (exact) mass is 210 g/mol. The second kappa shape index (κ2) is 3.22. The van der Waals surface area contributed by atoms with Crippen LogP contribution in [-0.2, 0) is 0 Å². The predicted molar refractivity (Wildman–Crippen MR) is 49.7 cm³/mol. The van der Waals surface area contributed by atoms with Crippen molar-refractivity contribution in [3.63, 3.8) is 0 Å². The maximum absolute atomic E-state index is 11.5. The second-order valence-corrected chi connectivity index (χ2v) is 3.56. The molecule has 0 fully saturated rings. The molecule has 0 bridgehead atoms. The van der Waals surface area contributed by atoms with Crippen LogP contribution in [0, 0.1) is 0 Å². The molecule has 80 valence electrons. The summed E-state index contributed by atoms with van der Waals surface area (Å²) in [5.74, 6) is -1.28. The highest BCUT2D eigenvalue weighted by molar-refractivity contribution is 6.04. The number of rotatable bonds is 0. The minimum absolute atomic E-state index is 0.112. The molecule has 0 aromatic heterocycles. The number of benzene rings is 1. The van der Waals surface area contributed by atoms with Gasteiger partial charge in [-0.05, 0) is 11.6 Å². The number of aliphatic hydroxyl groups excluding tert-OH is 2. The third-order valence-corrected chi connectivity index (χ3v) is 2.49. The molecule has 2 rings (SSSR count). The van der Waals surface area contributed by atoms with E-state index in [1.165, 1.54) is 6.07 Å². The predicted octanol–water partition coefficient (Wildman–Crippen LogP) is 0.0785. The first kappa shape index (κ1) is 9.95. The molecular weight excluding hydrogens is 200 g/mol. The van der Waals surface area contributed by atoms with Gasteiger partial charge in [0.05, 0.1) is 11.7 Å². The van der Waals surface area contributed by atoms with Crippen molar-refractivity contribution in [2.24, 2.45) is 0 Å². The van der Waals surface area contributed by atoms with Crippen molar-refractivity contribution in [1.29, 1.82) is 0 Å². The molecule has 4 N–H and O–H groups in total. The van der Waals surface area contributed by atoms with Gasteiger partial charge in [-0.15, -0.1) is 0 Å². The summed E-state index contributed by atoms with van der Waals surface area (Å²) < 4.78 is 0. The zero-order valence-corrected chi connectivity index (χ0v) is 7.71. The lowest BCUT2D eigenvalue weighted by atomic mass is 9.86. The van der Waals surface area contributed by atoms with E-state index in [1.54, 1.807) is 0 Å². The normalized spacial score (nSPS) is 25.1. The quantitative estimate of drug-likeness (QED) is 0.486. The number of aromatic hydroxyl groups is 2. The first-order valence-corrected chi connectivity index (χ1v) is 4.47. The van der Waals surface area contributed by atoms with Crippen LogP contribution < -0.4 is 0 Å². The topological polar surface area (TPSA) is 98.0 Å². The van der Waals surface area contributed by atoms with Crippen molar-refractivity contribution in [1.82, 2.24) is 0 Å². The fourth-order valence-electron chi connectivity index (χ4n) is 1.78. The number of ketones is 1. The van der Waals surface area contributed by atoms with Crippen LogP contribution in [0.2, 0.25) is 0 Å². The van der Waals surface area contributed by atoms with E-state index in [2.05, 4.69) is 0 Å². The highest BCUT2D eigenvalue weighted by Crippen LogP contribution is 2.37. The molecule has 1 aromatic rings. The van der Waals surface area contributed by atoms with Crippen LogP contribution in [0.15, 0.2) is 12.1 Å². The molecule has 0 aliphatic heterocycles. The molecule has 2 unspecified atom stereocenters. The minimum atomic E-state index is -1.30. The Hall–Kier alpha value is -1.59. The van der Waals surface area contributed by atoms with E-state index >= 15 is 0 Å². The number of hydrogen-bond acceptors (Lipinski definition) is 5. The van der Waals surface area contributed by atoms with Crippen LogP contribution in [0.25, 0.3) is 0 Å². The molecule has 5 heteroatoms. The molecule has 0 radical (unpaired) electrons. The Labute approximate surface area is 85.2 Å². The molecule has 0 saturated carbocycles. The maximum Gasteiger partial charge on any atom is 0.195 e. The third-order valence-electron chi connectivity index (χ3n) is 2.49. The number of hydrogen-bond donors (Lipinski definition) is 4. The van der Waals surface area contributed by atoms with Crippen LogP contribution in [0.5, 0.6) is 11.5 Å². The number of aliphatic hydroxyl groups is 2. The number of carbonyl (C=O) groups is 1. The smallest absolute Gasteiger partial charge is 0.195 e. The van der Waals surface area contributed by atoms with Crippen molar-refractivity contribution >= 4 is 5.78 Å². The van der Waals surface area contributed by atoms with E-state index in [-0.39, 0.29) is 23.3 Å². The van der Waals surface area contributed by atoms with Gasteiger partial charge in [0.15, 0.2) is 5.78 Å². The largest absolute Gasteiger partial charge is 0.508 e. The van der Waals surface area contributed by atoms with Crippen molar-refractivity contribution in [2.75, 3.05) is 0 Å². The van der Waals surface area contributed by atoms with E-state index in [1.807, 2.05) is 0 Å². The van der Waals surface area contributed by atoms with Crippen LogP contribution in [0.4, 0.5) is 0 Å². The van der Waals surface area contributed by atoms with Crippen molar-refractivity contribution in [3.05, 3.63) is 23.3 Å². The number of phenols is 2. The van der Waals surface area contributed by atoms with Gasteiger partial charge in [0.1, 0.15) is 17.6 Å². The summed E-state index contributed by atoms with van der Waals surface area (Å²) in [5, 5.41) is 37.5. The van der Waals surface area contributed by atoms with Crippen LogP contribution in [0.3, 0.4) is 0 Å². The van der Waals surface area contributed by atoms with Gasteiger partial charge in [-0.3, -0.25) is 4.79 Å².